The zero-order chi connectivity index (χ0) is 12.8. The van der Waals surface area contributed by atoms with Crippen molar-refractivity contribution < 1.29 is 0 Å². The van der Waals surface area contributed by atoms with Gasteiger partial charge in [0.25, 0.3) is 0 Å². The highest BCUT2D eigenvalue weighted by atomic mass is 14.9. The molecule has 1 unspecified atom stereocenters. The zero-order valence-electron chi connectivity index (χ0n) is 11.9. The van der Waals surface area contributed by atoms with Gasteiger partial charge < -0.3 is 5.32 Å². The summed E-state index contributed by atoms with van der Waals surface area (Å²) >= 11 is 0. The van der Waals surface area contributed by atoms with Crippen molar-refractivity contribution in [1.82, 2.24) is 5.32 Å². The highest BCUT2D eigenvalue weighted by Crippen LogP contribution is 2.62. The van der Waals surface area contributed by atoms with Crippen molar-refractivity contribution in [3.05, 3.63) is 24.3 Å². The Balaban J connectivity index is 1.91. The van der Waals surface area contributed by atoms with E-state index >= 15 is 0 Å². The quantitative estimate of drug-likeness (QED) is 0.740. The van der Waals surface area contributed by atoms with Gasteiger partial charge in [0, 0.05) is 6.04 Å². The molecule has 0 aromatic rings. The maximum atomic E-state index is 4.02. The summed E-state index contributed by atoms with van der Waals surface area (Å²) in [5, 5.41) is 3.62. The van der Waals surface area contributed by atoms with Gasteiger partial charge in [0.15, 0.2) is 0 Å². The van der Waals surface area contributed by atoms with Gasteiger partial charge in [-0.05, 0) is 81.2 Å². The molecule has 100 valence electrons. The van der Waals surface area contributed by atoms with E-state index in [1.807, 2.05) is 0 Å². The number of rotatable bonds is 4. The first-order valence-electron chi connectivity index (χ1n) is 7.66. The van der Waals surface area contributed by atoms with Crippen molar-refractivity contribution in [3.8, 4) is 0 Å². The molecule has 0 aromatic heterocycles. The van der Waals surface area contributed by atoms with E-state index in [1.54, 1.807) is 0 Å². The van der Waals surface area contributed by atoms with E-state index in [-0.39, 0.29) is 0 Å². The van der Waals surface area contributed by atoms with Crippen molar-refractivity contribution in [2.24, 2.45) is 23.2 Å². The summed E-state index contributed by atoms with van der Waals surface area (Å²) in [4.78, 5) is 0. The highest BCUT2D eigenvalue weighted by molar-refractivity contribution is 5.27. The van der Waals surface area contributed by atoms with E-state index in [4.69, 9.17) is 0 Å². The topological polar surface area (TPSA) is 12.0 Å². The third kappa shape index (κ3) is 1.79. The van der Waals surface area contributed by atoms with E-state index in [9.17, 15) is 0 Å². The Bertz CT molecular complexity index is 331. The Morgan fingerprint density at radius 1 is 1.17 bits per heavy atom. The molecule has 18 heavy (non-hydrogen) atoms. The molecule has 4 saturated carbocycles. The SMILES string of the molecule is C=C/C(=C\C)C(NC)C12CC3CC(CC(C3)C1)C2. The van der Waals surface area contributed by atoms with Crippen LogP contribution in [0.4, 0.5) is 0 Å². The highest BCUT2D eigenvalue weighted by Gasteiger charge is 2.54. The first-order chi connectivity index (χ1) is 8.70. The van der Waals surface area contributed by atoms with E-state index in [1.165, 1.54) is 44.1 Å². The maximum absolute atomic E-state index is 4.02. The van der Waals surface area contributed by atoms with Gasteiger partial charge in [0.05, 0.1) is 0 Å². The van der Waals surface area contributed by atoms with Crippen molar-refractivity contribution in [1.29, 1.82) is 0 Å². The van der Waals surface area contributed by atoms with Crippen LogP contribution in [0.2, 0.25) is 0 Å². The summed E-state index contributed by atoms with van der Waals surface area (Å²) in [5.41, 5.74) is 1.96. The molecule has 0 aliphatic heterocycles. The summed E-state index contributed by atoms with van der Waals surface area (Å²) in [6.45, 7) is 6.17. The van der Waals surface area contributed by atoms with E-state index in [0.29, 0.717) is 11.5 Å². The average Bonchev–Trinajstić information content (AvgIpc) is 2.33. The molecule has 4 aliphatic carbocycles. The van der Waals surface area contributed by atoms with Crippen LogP contribution in [-0.4, -0.2) is 13.1 Å². The minimum Gasteiger partial charge on any atom is -0.313 e. The second-order valence-electron chi connectivity index (χ2n) is 6.99. The number of allylic oxidation sites excluding steroid dienone is 1. The smallest absolute Gasteiger partial charge is 0.0371 e. The lowest BCUT2D eigenvalue weighted by atomic mass is 9.47. The van der Waals surface area contributed by atoms with Crippen LogP contribution in [0.5, 0.6) is 0 Å². The van der Waals surface area contributed by atoms with Crippen LogP contribution in [0.1, 0.15) is 45.4 Å². The number of hydrogen-bond acceptors (Lipinski definition) is 1. The molecule has 4 rings (SSSR count). The van der Waals surface area contributed by atoms with Crippen LogP contribution in [0.25, 0.3) is 0 Å². The molecule has 4 bridgehead atoms. The second-order valence-corrected chi connectivity index (χ2v) is 6.99. The molecule has 0 heterocycles. The van der Waals surface area contributed by atoms with Crippen LogP contribution in [0.15, 0.2) is 24.3 Å². The van der Waals surface area contributed by atoms with E-state index < -0.39 is 0 Å². The number of likely N-dealkylation sites (N-methyl/N-ethyl adjacent to an activating group) is 1. The predicted molar refractivity (Wildman–Crippen MR) is 77.4 cm³/mol. The van der Waals surface area contributed by atoms with Gasteiger partial charge in [-0.1, -0.05) is 18.7 Å². The number of hydrogen-bond donors (Lipinski definition) is 1. The van der Waals surface area contributed by atoms with E-state index in [0.717, 1.165) is 17.8 Å². The van der Waals surface area contributed by atoms with Crippen molar-refractivity contribution in [2.75, 3.05) is 7.05 Å². The van der Waals surface area contributed by atoms with Crippen molar-refractivity contribution in [2.45, 2.75) is 51.5 Å². The van der Waals surface area contributed by atoms with Crippen LogP contribution in [-0.2, 0) is 0 Å². The fourth-order valence-corrected chi connectivity index (χ4v) is 5.76. The monoisotopic (exact) mass is 245 g/mol. The summed E-state index contributed by atoms with van der Waals surface area (Å²) in [7, 11) is 2.14. The standard InChI is InChI=1S/C17H27N/c1-4-15(5-2)16(18-3)17-9-12-6-13(10-17)8-14(7-12)11-17/h4-5,12-14,16,18H,1,6-11H2,2-3H3/b15-5+. The largest absolute Gasteiger partial charge is 0.313 e. The molecule has 4 fully saturated rings. The fourth-order valence-electron chi connectivity index (χ4n) is 5.76. The summed E-state index contributed by atoms with van der Waals surface area (Å²) in [5.74, 6) is 3.07. The Hall–Kier alpha value is -0.560. The second kappa shape index (κ2) is 4.52. The van der Waals surface area contributed by atoms with Crippen molar-refractivity contribution in [3.63, 3.8) is 0 Å². The van der Waals surface area contributed by atoms with Crippen LogP contribution in [0.3, 0.4) is 0 Å². The summed E-state index contributed by atoms with van der Waals surface area (Å²) < 4.78 is 0. The Kier molecular flexibility index (Phi) is 3.13. The average molecular weight is 245 g/mol. The van der Waals surface area contributed by atoms with Gasteiger partial charge >= 0.3 is 0 Å². The Labute approximate surface area is 112 Å². The fraction of sp³-hybridized carbons (Fsp3) is 0.765. The van der Waals surface area contributed by atoms with Crippen LogP contribution in [0, 0.1) is 23.2 Å². The molecule has 0 aromatic carbocycles. The molecule has 1 atom stereocenters. The third-order valence-corrected chi connectivity index (χ3v) is 5.89. The van der Waals surface area contributed by atoms with Gasteiger partial charge in [-0.25, -0.2) is 0 Å². The molecule has 0 saturated heterocycles. The number of nitrogens with one attached hydrogen (secondary N) is 1. The Morgan fingerprint density at radius 3 is 2.00 bits per heavy atom. The minimum atomic E-state index is 0.536. The first-order valence-corrected chi connectivity index (χ1v) is 7.66. The first kappa shape index (κ1) is 12.5. The third-order valence-electron chi connectivity index (χ3n) is 5.89. The molecule has 0 amide bonds. The van der Waals surface area contributed by atoms with Gasteiger partial charge in [0.1, 0.15) is 0 Å². The van der Waals surface area contributed by atoms with Gasteiger partial charge in [-0.3, -0.25) is 0 Å². The summed E-state index contributed by atoms with van der Waals surface area (Å²) in [6.07, 6.45) is 13.3. The normalized spacial score (nSPS) is 44.1. The van der Waals surface area contributed by atoms with Gasteiger partial charge in [0.2, 0.25) is 0 Å². The predicted octanol–water partition coefficient (Wildman–Crippen LogP) is 3.92. The molecule has 1 N–H and O–H groups in total. The Morgan fingerprint density at radius 2 is 1.67 bits per heavy atom. The molecule has 0 radical (unpaired) electrons. The lowest BCUT2D eigenvalue weighted by Gasteiger charge is -2.59. The lowest BCUT2D eigenvalue weighted by Crippen LogP contribution is -2.55. The summed E-state index contributed by atoms with van der Waals surface area (Å²) in [6, 6.07) is 0.536. The van der Waals surface area contributed by atoms with Crippen LogP contribution < -0.4 is 5.32 Å². The molecular weight excluding hydrogens is 218 g/mol. The van der Waals surface area contributed by atoms with Crippen molar-refractivity contribution >= 4 is 0 Å². The minimum absolute atomic E-state index is 0.536. The molecule has 4 aliphatic rings. The molecule has 0 spiro atoms. The molecule has 1 heteroatoms. The maximum Gasteiger partial charge on any atom is 0.0371 e. The lowest BCUT2D eigenvalue weighted by molar-refractivity contribution is -0.0653. The van der Waals surface area contributed by atoms with Crippen LogP contribution >= 0.6 is 0 Å². The molecule has 1 nitrogen and oxygen atoms in total. The van der Waals surface area contributed by atoms with E-state index in [2.05, 4.69) is 38.0 Å². The zero-order valence-corrected chi connectivity index (χ0v) is 11.9. The van der Waals surface area contributed by atoms with Gasteiger partial charge in [-0.2, -0.15) is 0 Å². The molecular formula is C17H27N. The van der Waals surface area contributed by atoms with Gasteiger partial charge in [-0.15, -0.1) is 0 Å².